The summed E-state index contributed by atoms with van der Waals surface area (Å²) < 4.78 is 24.3. The molecular weight excluding hydrogens is 455 g/mol. The molecule has 0 aromatic heterocycles. The number of hydrogen-bond donors (Lipinski definition) is 2. The van der Waals surface area contributed by atoms with Gasteiger partial charge in [-0.05, 0) is 124 Å². The SMILES string of the molecule is CCOP(=O)(CC[C@@H](C)[C@H]1CCC2C3CC[C@H]4C[C@@H](NCCN)CC[C@]4(C)C3CC[C@@]21C)OCC. The van der Waals surface area contributed by atoms with Crippen molar-refractivity contribution in [2.75, 3.05) is 32.5 Å². The van der Waals surface area contributed by atoms with Crippen molar-refractivity contribution in [2.45, 2.75) is 105 Å². The van der Waals surface area contributed by atoms with E-state index in [1.807, 2.05) is 13.8 Å². The zero-order valence-corrected chi connectivity index (χ0v) is 24.3. The Hall–Kier alpha value is 0.0700. The third-order valence-corrected chi connectivity index (χ3v) is 13.6. The number of hydrogen-bond acceptors (Lipinski definition) is 5. The van der Waals surface area contributed by atoms with Gasteiger partial charge in [0.15, 0.2) is 0 Å². The normalized spacial score (nSPS) is 42.2. The van der Waals surface area contributed by atoms with Crippen LogP contribution in [0, 0.1) is 46.3 Å². The first-order valence-corrected chi connectivity index (χ1v) is 16.7. The smallest absolute Gasteiger partial charge is 0.329 e. The number of fused-ring (bicyclic) bond motifs is 5. The molecule has 9 atom stereocenters. The van der Waals surface area contributed by atoms with E-state index >= 15 is 0 Å². The van der Waals surface area contributed by atoms with E-state index in [0.717, 1.165) is 49.1 Å². The summed E-state index contributed by atoms with van der Waals surface area (Å²) in [5, 5.41) is 3.73. The minimum Gasteiger partial charge on any atom is -0.329 e. The van der Waals surface area contributed by atoms with Gasteiger partial charge in [-0.25, -0.2) is 0 Å². The van der Waals surface area contributed by atoms with Gasteiger partial charge in [0, 0.05) is 19.1 Å². The highest BCUT2D eigenvalue weighted by Gasteiger charge is 2.60. The predicted octanol–water partition coefficient (Wildman–Crippen LogP) is 6.85. The summed E-state index contributed by atoms with van der Waals surface area (Å²) in [5.41, 5.74) is 6.75. The summed E-state index contributed by atoms with van der Waals surface area (Å²) in [7, 11) is -2.95. The molecule has 4 saturated carbocycles. The number of nitrogens with one attached hydrogen (secondary N) is 1. The topological polar surface area (TPSA) is 73.6 Å². The standard InChI is InChI=1S/C29H55N2O3P/c1-6-33-35(32,34-7-2)19-14-21(3)25-10-11-26-24-9-8-22-20-23(31-18-17-30)12-15-28(22,4)27(24)13-16-29(25,26)5/h21-27,31H,6-20,30H2,1-5H3/t21-,22+,23+,24?,25-,26?,27?,28+,29-/m1/s1. The molecule has 204 valence electrons. The van der Waals surface area contributed by atoms with E-state index in [4.69, 9.17) is 14.8 Å². The van der Waals surface area contributed by atoms with Crippen LogP contribution >= 0.6 is 7.60 Å². The first-order chi connectivity index (χ1) is 16.7. The fourth-order valence-corrected chi connectivity index (χ4v) is 11.7. The van der Waals surface area contributed by atoms with Gasteiger partial charge in [-0.1, -0.05) is 20.8 Å². The zero-order valence-electron chi connectivity index (χ0n) is 23.4. The molecule has 4 aliphatic rings. The molecule has 6 heteroatoms. The summed E-state index contributed by atoms with van der Waals surface area (Å²) in [5.74, 6) is 4.92. The van der Waals surface area contributed by atoms with Crippen molar-refractivity contribution >= 4 is 7.60 Å². The van der Waals surface area contributed by atoms with Gasteiger partial charge in [0.25, 0.3) is 0 Å². The van der Waals surface area contributed by atoms with E-state index in [1.165, 1.54) is 57.8 Å². The molecule has 0 bridgehead atoms. The first kappa shape index (κ1) is 28.1. The van der Waals surface area contributed by atoms with Crippen molar-refractivity contribution < 1.29 is 13.6 Å². The molecule has 4 rings (SSSR count). The van der Waals surface area contributed by atoms with Crippen LogP contribution in [0.2, 0.25) is 0 Å². The van der Waals surface area contributed by atoms with Crippen LogP contribution in [0.25, 0.3) is 0 Å². The van der Waals surface area contributed by atoms with E-state index in [0.29, 0.717) is 42.2 Å². The quantitative estimate of drug-likeness (QED) is 0.297. The Kier molecular flexibility index (Phi) is 9.18. The Morgan fingerprint density at radius 1 is 0.971 bits per heavy atom. The van der Waals surface area contributed by atoms with Gasteiger partial charge in [-0.2, -0.15) is 0 Å². The number of nitrogens with two attached hydrogens (primary N) is 1. The predicted molar refractivity (Wildman–Crippen MR) is 146 cm³/mol. The molecule has 0 heterocycles. The molecule has 0 radical (unpaired) electrons. The van der Waals surface area contributed by atoms with Gasteiger partial charge in [-0.15, -0.1) is 0 Å². The molecule has 3 unspecified atom stereocenters. The first-order valence-electron chi connectivity index (χ1n) is 15.0. The second-order valence-electron chi connectivity index (χ2n) is 13.0. The Balaban J connectivity index is 1.41. The van der Waals surface area contributed by atoms with Crippen molar-refractivity contribution in [2.24, 2.45) is 52.1 Å². The Bertz CT molecular complexity index is 739. The van der Waals surface area contributed by atoms with Gasteiger partial charge in [0.05, 0.1) is 19.4 Å². The van der Waals surface area contributed by atoms with E-state index in [1.54, 1.807) is 0 Å². The molecule has 0 aliphatic heterocycles. The lowest BCUT2D eigenvalue weighted by atomic mass is 9.44. The summed E-state index contributed by atoms with van der Waals surface area (Å²) in [6, 6.07) is 0.683. The van der Waals surface area contributed by atoms with Gasteiger partial charge in [-0.3, -0.25) is 4.57 Å². The maximum atomic E-state index is 13.1. The Morgan fingerprint density at radius 3 is 2.34 bits per heavy atom. The third-order valence-electron chi connectivity index (χ3n) is 11.5. The zero-order chi connectivity index (χ0) is 25.3. The molecular formula is C29H55N2O3P. The molecule has 0 spiro atoms. The molecule has 0 amide bonds. The fourth-order valence-electron chi connectivity index (χ4n) is 9.83. The monoisotopic (exact) mass is 510 g/mol. The molecule has 0 aromatic rings. The Labute approximate surface area is 216 Å². The molecule has 4 fully saturated rings. The maximum Gasteiger partial charge on any atom is 0.330 e. The van der Waals surface area contributed by atoms with Crippen molar-refractivity contribution in [3.8, 4) is 0 Å². The van der Waals surface area contributed by atoms with Crippen LogP contribution in [0.5, 0.6) is 0 Å². The molecule has 35 heavy (non-hydrogen) atoms. The van der Waals surface area contributed by atoms with Gasteiger partial charge < -0.3 is 20.1 Å². The van der Waals surface area contributed by atoms with Crippen molar-refractivity contribution in [3.05, 3.63) is 0 Å². The second kappa shape index (κ2) is 11.4. The molecule has 4 aliphatic carbocycles. The van der Waals surface area contributed by atoms with Crippen molar-refractivity contribution in [1.29, 1.82) is 0 Å². The van der Waals surface area contributed by atoms with Crippen LogP contribution in [0.3, 0.4) is 0 Å². The largest absolute Gasteiger partial charge is 0.330 e. The summed E-state index contributed by atoms with van der Waals surface area (Å²) in [6.07, 6.45) is 14.1. The van der Waals surface area contributed by atoms with E-state index in [-0.39, 0.29) is 0 Å². The van der Waals surface area contributed by atoms with Gasteiger partial charge in [0.1, 0.15) is 0 Å². The van der Waals surface area contributed by atoms with Crippen LogP contribution in [-0.2, 0) is 13.6 Å². The highest BCUT2D eigenvalue weighted by molar-refractivity contribution is 7.53. The molecule has 3 N–H and O–H groups in total. The fraction of sp³-hybridized carbons (Fsp3) is 1.00. The van der Waals surface area contributed by atoms with E-state index in [9.17, 15) is 4.57 Å². The van der Waals surface area contributed by atoms with E-state index in [2.05, 4.69) is 26.1 Å². The van der Waals surface area contributed by atoms with Crippen LogP contribution < -0.4 is 11.1 Å². The summed E-state index contributed by atoms with van der Waals surface area (Å²) in [6.45, 7) is 14.2. The minimum absolute atomic E-state index is 0.449. The summed E-state index contributed by atoms with van der Waals surface area (Å²) >= 11 is 0. The lowest BCUT2D eigenvalue weighted by Gasteiger charge is -2.61. The molecule has 0 saturated heterocycles. The highest BCUT2D eigenvalue weighted by Crippen LogP contribution is 2.68. The van der Waals surface area contributed by atoms with Gasteiger partial charge >= 0.3 is 7.60 Å². The molecule has 5 nitrogen and oxygen atoms in total. The lowest BCUT2D eigenvalue weighted by molar-refractivity contribution is -0.117. The van der Waals surface area contributed by atoms with Crippen LogP contribution in [0.4, 0.5) is 0 Å². The second-order valence-corrected chi connectivity index (χ2v) is 15.2. The van der Waals surface area contributed by atoms with Crippen molar-refractivity contribution in [3.63, 3.8) is 0 Å². The lowest BCUT2D eigenvalue weighted by Crippen LogP contribution is -2.55. The highest BCUT2D eigenvalue weighted by atomic mass is 31.2. The average Bonchev–Trinajstić information content (AvgIpc) is 3.19. The van der Waals surface area contributed by atoms with E-state index < -0.39 is 7.60 Å². The van der Waals surface area contributed by atoms with Gasteiger partial charge in [0.2, 0.25) is 0 Å². The van der Waals surface area contributed by atoms with Crippen LogP contribution in [0.15, 0.2) is 0 Å². The van der Waals surface area contributed by atoms with Crippen molar-refractivity contribution in [1.82, 2.24) is 5.32 Å². The summed E-state index contributed by atoms with van der Waals surface area (Å²) in [4.78, 5) is 0. The minimum atomic E-state index is -2.95. The Morgan fingerprint density at radius 2 is 1.66 bits per heavy atom. The average molecular weight is 511 g/mol. The molecule has 0 aromatic carbocycles. The van der Waals surface area contributed by atoms with Crippen LogP contribution in [0.1, 0.15) is 98.8 Å². The maximum absolute atomic E-state index is 13.1. The third kappa shape index (κ3) is 5.47. The van der Waals surface area contributed by atoms with Crippen LogP contribution in [-0.4, -0.2) is 38.5 Å². The number of rotatable bonds is 11.